The van der Waals surface area contributed by atoms with Crippen LogP contribution < -0.4 is 10.2 Å². The smallest absolute Gasteiger partial charge is 0.271 e. The number of hydrazone groups is 1. The van der Waals surface area contributed by atoms with Crippen molar-refractivity contribution in [3.8, 4) is 5.75 Å². The van der Waals surface area contributed by atoms with E-state index in [0.717, 1.165) is 5.56 Å². The van der Waals surface area contributed by atoms with Crippen molar-refractivity contribution in [3.05, 3.63) is 63.6 Å². The van der Waals surface area contributed by atoms with Crippen molar-refractivity contribution < 1.29 is 9.53 Å². The first-order chi connectivity index (χ1) is 11.0. The van der Waals surface area contributed by atoms with Gasteiger partial charge < -0.3 is 4.74 Å². The van der Waals surface area contributed by atoms with Crippen LogP contribution in [0.1, 0.15) is 29.3 Å². The molecule has 0 atom stereocenters. The van der Waals surface area contributed by atoms with Crippen molar-refractivity contribution in [2.24, 2.45) is 5.10 Å². The van der Waals surface area contributed by atoms with E-state index in [2.05, 4.69) is 10.5 Å². The van der Waals surface area contributed by atoms with E-state index in [-0.39, 0.29) is 5.91 Å². The Labute approximate surface area is 145 Å². The van der Waals surface area contributed by atoms with Crippen LogP contribution in [-0.4, -0.2) is 18.7 Å². The molecule has 0 aliphatic rings. The highest BCUT2D eigenvalue weighted by Gasteiger charge is 2.10. The molecule has 0 aliphatic carbocycles. The fourth-order valence-corrected chi connectivity index (χ4v) is 2.52. The Hall–Kier alpha value is -2.04. The number of rotatable bonds is 5. The molecule has 0 spiro atoms. The number of carbonyl (C=O) groups is 1. The molecule has 0 bridgehead atoms. The first-order valence-corrected chi connectivity index (χ1v) is 7.77. The van der Waals surface area contributed by atoms with Gasteiger partial charge in [-0.25, -0.2) is 5.43 Å². The number of nitrogens with zero attached hydrogens (tertiary/aromatic N) is 1. The van der Waals surface area contributed by atoms with Crippen molar-refractivity contribution in [2.45, 2.75) is 13.3 Å². The lowest BCUT2D eigenvalue weighted by atomic mass is 10.1. The summed E-state index contributed by atoms with van der Waals surface area (Å²) in [6, 6.07) is 12.0. The van der Waals surface area contributed by atoms with Crippen LogP contribution in [0.25, 0.3) is 0 Å². The minimum atomic E-state index is -0.320. The first-order valence-electron chi connectivity index (χ1n) is 7.01. The monoisotopic (exact) mass is 350 g/mol. The van der Waals surface area contributed by atoms with E-state index in [1.54, 1.807) is 49.6 Å². The molecule has 0 aliphatic heterocycles. The predicted octanol–water partition coefficient (Wildman–Crippen LogP) is 4.55. The van der Waals surface area contributed by atoms with E-state index in [4.69, 9.17) is 27.9 Å². The van der Waals surface area contributed by atoms with Crippen LogP contribution in [0.15, 0.2) is 47.6 Å². The lowest BCUT2D eigenvalue weighted by Crippen LogP contribution is -2.20. The van der Waals surface area contributed by atoms with E-state index < -0.39 is 0 Å². The number of benzene rings is 2. The minimum Gasteiger partial charge on any atom is -0.497 e. The SMILES string of the molecule is CC/C(=N\NC(=O)c1cccc(OC)c1)c1ccc(Cl)cc1Cl. The van der Waals surface area contributed by atoms with Crippen LogP contribution in [0, 0.1) is 0 Å². The van der Waals surface area contributed by atoms with Crippen molar-refractivity contribution in [2.75, 3.05) is 7.11 Å². The van der Waals surface area contributed by atoms with Crippen molar-refractivity contribution in [1.29, 1.82) is 0 Å². The summed E-state index contributed by atoms with van der Waals surface area (Å²) in [6.07, 6.45) is 0.611. The topological polar surface area (TPSA) is 50.7 Å². The number of hydrogen-bond acceptors (Lipinski definition) is 3. The molecule has 2 rings (SSSR count). The Balaban J connectivity index is 2.20. The van der Waals surface area contributed by atoms with Gasteiger partial charge in [0.05, 0.1) is 17.8 Å². The van der Waals surface area contributed by atoms with E-state index >= 15 is 0 Å². The fraction of sp³-hybridized carbons (Fsp3) is 0.176. The molecular formula is C17H16Cl2N2O2. The molecule has 0 unspecified atom stereocenters. The van der Waals surface area contributed by atoms with Crippen LogP contribution in [0.4, 0.5) is 0 Å². The number of hydrogen-bond donors (Lipinski definition) is 1. The third kappa shape index (κ3) is 4.47. The highest BCUT2D eigenvalue weighted by atomic mass is 35.5. The van der Waals surface area contributed by atoms with Crippen molar-refractivity contribution >= 4 is 34.8 Å². The normalized spacial score (nSPS) is 11.2. The highest BCUT2D eigenvalue weighted by molar-refractivity contribution is 6.37. The maximum Gasteiger partial charge on any atom is 0.271 e. The first kappa shape index (κ1) is 17.3. The second-order valence-corrected chi connectivity index (χ2v) is 5.55. The van der Waals surface area contributed by atoms with Gasteiger partial charge in [0.25, 0.3) is 5.91 Å². The summed E-state index contributed by atoms with van der Waals surface area (Å²) in [5, 5.41) is 5.23. The summed E-state index contributed by atoms with van der Waals surface area (Å²) in [5.41, 5.74) is 4.42. The fourth-order valence-electron chi connectivity index (χ4n) is 2.00. The van der Waals surface area contributed by atoms with Gasteiger partial charge in [-0.15, -0.1) is 0 Å². The zero-order valence-electron chi connectivity index (χ0n) is 12.8. The second kappa shape index (κ2) is 7.99. The Morgan fingerprint density at radius 1 is 1.22 bits per heavy atom. The summed E-state index contributed by atoms with van der Waals surface area (Å²) < 4.78 is 5.10. The van der Waals surface area contributed by atoms with Gasteiger partial charge in [0.15, 0.2) is 0 Å². The molecule has 2 aromatic carbocycles. The highest BCUT2D eigenvalue weighted by Crippen LogP contribution is 2.22. The van der Waals surface area contributed by atoms with E-state index in [9.17, 15) is 4.79 Å². The zero-order chi connectivity index (χ0) is 16.8. The van der Waals surface area contributed by atoms with Crippen LogP contribution in [0.3, 0.4) is 0 Å². The van der Waals surface area contributed by atoms with E-state index in [1.165, 1.54) is 0 Å². The van der Waals surface area contributed by atoms with Crippen LogP contribution in [0.2, 0.25) is 10.0 Å². The summed E-state index contributed by atoms with van der Waals surface area (Å²) in [4.78, 5) is 12.2. The molecule has 0 fully saturated rings. The number of nitrogens with one attached hydrogen (secondary N) is 1. The summed E-state index contributed by atoms with van der Waals surface area (Å²) in [6.45, 7) is 1.93. The molecule has 120 valence electrons. The average molecular weight is 351 g/mol. The molecule has 23 heavy (non-hydrogen) atoms. The lowest BCUT2D eigenvalue weighted by molar-refractivity contribution is 0.0954. The molecule has 0 saturated carbocycles. The van der Waals surface area contributed by atoms with Gasteiger partial charge in [-0.2, -0.15) is 5.10 Å². The van der Waals surface area contributed by atoms with Gasteiger partial charge in [-0.05, 0) is 36.8 Å². The number of carbonyl (C=O) groups excluding carboxylic acids is 1. The Kier molecular flexibility index (Phi) is 6.02. The van der Waals surface area contributed by atoms with Crippen LogP contribution in [0.5, 0.6) is 5.75 Å². The van der Waals surface area contributed by atoms with Gasteiger partial charge in [0.1, 0.15) is 5.75 Å². The summed E-state index contributed by atoms with van der Waals surface area (Å²) in [5.74, 6) is 0.290. The van der Waals surface area contributed by atoms with Gasteiger partial charge in [-0.3, -0.25) is 4.79 Å². The van der Waals surface area contributed by atoms with Gasteiger partial charge in [-0.1, -0.05) is 42.3 Å². The Morgan fingerprint density at radius 2 is 2.00 bits per heavy atom. The summed E-state index contributed by atoms with van der Waals surface area (Å²) in [7, 11) is 1.55. The number of methoxy groups -OCH3 is 1. The predicted molar refractivity (Wildman–Crippen MR) is 93.8 cm³/mol. The minimum absolute atomic E-state index is 0.320. The molecule has 0 radical (unpaired) electrons. The second-order valence-electron chi connectivity index (χ2n) is 4.71. The molecule has 1 amide bonds. The quantitative estimate of drug-likeness (QED) is 0.635. The van der Waals surface area contributed by atoms with Crippen LogP contribution >= 0.6 is 23.2 Å². The Bertz CT molecular complexity index is 745. The van der Waals surface area contributed by atoms with Gasteiger partial charge in [0, 0.05) is 16.1 Å². The summed E-state index contributed by atoms with van der Waals surface area (Å²) >= 11 is 12.1. The maximum atomic E-state index is 12.2. The molecule has 0 saturated heterocycles. The molecule has 0 heterocycles. The molecule has 4 nitrogen and oxygen atoms in total. The van der Waals surface area contributed by atoms with Crippen molar-refractivity contribution in [3.63, 3.8) is 0 Å². The lowest BCUT2D eigenvalue weighted by Gasteiger charge is -2.08. The number of halogens is 2. The molecule has 2 aromatic rings. The Morgan fingerprint density at radius 3 is 2.65 bits per heavy atom. The molecule has 6 heteroatoms. The standard InChI is InChI=1S/C17H16Cl2N2O2/c1-3-16(14-8-7-12(18)10-15(14)19)20-21-17(22)11-5-4-6-13(9-11)23-2/h4-10H,3H2,1-2H3,(H,21,22)/b20-16+. The van der Waals surface area contributed by atoms with E-state index in [1.807, 2.05) is 6.92 Å². The largest absolute Gasteiger partial charge is 0.497 e. The molecule has 1 N–H and O–H groups in total. The maximum absolute atomic E-state index is 12.2. The average Bonchev–Trinajstić information content (AvgIpc) is 2.56. The van der Waals surface area contributed by atoms with Crippen molar-refractivity contribution in [1.82, 2.24) is 5.43 Å². The number of ether oxygens (including phenoxy) is 1. The third-order valence-electron chi connectivity index (χ3n) is 3.20. The molecular weight excluding hydrogens is 335 g/mol. The number of amides is 1. The zero-order valence-corrected chi connectivity index (χ0v) is 14.3. The van der Waals surface area contributed by atoms with Gasteiger partial charge in [0.2, 0.25) is 0 Å². The van der Waals surface area contributed by atoms with Crippen LogP contribution in [-0.2, 0) is 0 Å². The molecule has 0 aromatic heterocycles. The van der Waals surface area contributed by atoms with Gasteiger partial charge >= 0.3 is 0 Å². The van der Waals surface area contributed by atoms with E-state index in [0.29, 0.717) is 33.5 Å². The third-order valence-corrected chi connectivity index (χ3v) is 3.75.